The fraction of sp³-hybridized carbons (Fsp3) is 0.0476. The molecule has 0 aliphatic rings. The highest BCUT2D eigenvalue weighted by Gasteiger charge is 2.30. The summed E-state index contributed by atoms with van der Waals surface area (Å²) in [5.41, 5.74) is 0.700. The highest BCUT2D eigenvalue weighted by Crippen LogP contribution is 2.34. The molecular weight excluding hydrogens is 458 g/mol. The van der Waals surface area contributed by atoms with Crippen molar-refractivity contribution in [3.8, 4) is 11.4 Å². The van der Waals surface area contributed by atoms with Crippen molar-refractivity contribution in [1.29, 1.82) is 0 Å². The van der Waals surface area contributed by atoms with Crippen molar-refractivity contribution in [2.45, 2.75) is 6.18 Å². The Morgan fingerprint density at radius 2 is 1.60 bits per heavy atom. The van der Waals surface area contributed by atoms with Crippen molar-refractivity contribution >= 4 is 58.0 Å². The average molecular weight is 471 g/mol. The van der Waals surface area contributed by atoms with Gasteiger partial charge >= 0.3 is 6.18 Å². The van der Waals surface area contributed by atoms with Gasteiger partial charge in [0.05, 0.1) is 16.1 Å². The number of hydrogen-bond donors (Lipinski definition) is 1. The highest BCUT2D eigenvalue weighted by molar-refractivity contribution is 6.36. The maximum atomic E-state index is 13.0. The first-order valence-corrected chi connectivity index (χ1v) is 9.23. The molecule has 0 radical (unpaired) electrons. The number of fused-ring (bicyclic) bond motifs is 1. The summed E-state index contributed by atoms with van der Waals surface area (Å²) in [5, 5.41) is 4.49. The van der Waals surface area contributed by atoms with Crippen LogP contribution in [0.1, 0.15) is 5.56 Å². The number of benzene rings is 3. The second-order valence-electron chi connectivity index (χ2n) is 6.24. The lowest BCUT2D eigenvalue weighted by Gasteiger charge is -2.13. The average Bonchev–Trinajstić information content (AvgIpc) is 2.67. The van der Waals surface area contributed by atoms with E-state index in [1.165, 1.54) is 6.07 Å². The summed E-state index contributed by atoms with van der Waals surface area (Å²) in [4.78, 5) is 9.05. The van der Waals surface area contributed by atoms with Gasteiger partial charge in [-0.2, -0.15) is 13.2 Å². The molecule has 0 aliphatic heterocycles. The molecular formula is C21H13Cl3F3N3. The Morgan fingerprint density at radius 1 is 0.833 bits per heavy atom. The lowest BCUT2D eigenvalue weighted by Crippen LogP contribution is -2.06. The minimum Gasteiger partial charge on any atom is -0.340 e. The predicted octanol–water partition coefficient (Wildman–Crippen LogP) is 7.79. The largest absolute Gasteiger partial charge is 0.416 e. The van der Waals surface area contributed by atoms with Gasteiger partial charge < -0.3 is 5.32 Å². The lowest BCUT2D eigenvalue weighted by molar-refractivity contribution is -0.137. The van der Waals surface area contributed by atoms with Gasteiger partial charge in [0, 0.05) is 21.7 Å². The summed E-state index contributed by atoms with van der Waals surface area (Å²) in [5.74, 6) is 0.704. The molecule has 3 nitrogen and oxygen atoms in total. The summed E-state index contributed by atoms with van der Waals surface area (Å²) >= 11 is 12.2. The van der Waals surface area contributed by atoms with E-state index in [0.717, 1.165) is 12.1 Å². The molecule has 0 fully saturated rings. The van der Waals surface area contributed by atoms with Crippen LogP contribution in [0.15, 0.2) is 66.7 Å². The van der Waals surface area contributed by atoms with E-state index in [9.17, 15) is 13.2 Å². The zero-order valence-electron chi connectivity index (χ0n) is 15.0. The Balaban J connectivity index is 0.00000256. The third kappa shape index (κ3) is 4.61. The van der Waals surface area contributed by atoms with Crippen molar-refractivity contribution in [2.75, 3.05) is 5.32 Å². The maximum Gasteiger partial charge on any atom is 0.416 e. The zero-order chi connectivity index (χ0) is 20.6. The van der Waals surface area contributed by atoms with Gasteiger partial charge in [0.1, 0.15) is 5.82 Å². The first kappa shape index (κ1) is 22.2. The molecule has 0 saturated heterocycles. The quantitative estimate of drug-likeness (QED) is 0.332. The van der Waals surface area contributed by atoms with Crippen LogP contribution in [0.5, 0.6) is 0 Å². The number of nitrogens with one attached hydrogen (secondary N) is 1. The van der Waals surface area contributed by atoms with Crippen molar-refractivity contribution in [1.82, 2.24) is 9.97 Å². The van der Waals surface area contributed by atoms with Gasteiger partial charge in [0.15, 0.2) is 5.82 Å². The first-order chi connectivity index (χ1) is 13.8. The molecule has 9 heteroatoms. The zero-order valence-corrected chi connectivity index (χ0v) is 17.4. The van der Waals surface area contributed by atoms with Crippen LogP contribution in [0.25, 0.3) is 22.3 Å². The molecule has 30 heavy (non-hydrogen) atoms. The van der Waals surface area contributed by atoms with Crippen LogP contribution in [0, 0.1) is 0 Å². The van der Waals surface area contributed by atoms with E-state index in [4.69, 9.17) is 23.2 Å². The van der Waals surface area contributed by atoms with Gasteiger partial charge in [-0.25, -0.2) is 9.97 Å². The smallest absolute Gasteiger partial charge is 0.340 e. The lowest BCUT2D eigenvalue weighted by atomic mass is 10.1. The van der Waals surface area contributed by atoms with E-state index in [-0.39, 0.29) is 18.1 Å². The fourth-order valence-corrected chi connectivity index (χ4v) is 3.37. The molecule has 154 valence electrons. The van der Waals surface area contributed by atoms with E-state index in [1.807, 2.05) is 6.07 Å². The molecule has 0 spiro atoms. The third-order valence-corrected chi connectivity index (χ3v) is 4.78. The Labute approximate surface area is 186 Å². The van der Waals surface area contributed by atoms with Gasteiger partial charge in [-0.3, -0.25) is 0 Å². The Morgan fingerprint density at radius 3 is 2.33 bits per heavy atom. The summed E-state index contributed by atoms with van der Waals surface area (Å²) in [7, 11) is 0. The van der Waals surface area contributed by atoms with Gasteiger partial charge in [-0.1, -0.05) is 41.4 Å². The number of hydrogen-bond acceptors (Lipinski definition) is 3. The standard InChI is InChI=1S/C21H12Cl2F3N3.ClH/c22-13-8-9-15(17(23)11-13)19-28-18-7-2-1-6-16(18)20(29-19)27-14-5-3-4-12(10-14)21(24,25)26;/h1-11H,(H,27,28,29);1H. The third-order valence-electron chi connectivity index (χ3n) is 4.23. The monoisotopic (exact) mass is 469 g/mol. The van der Waals surface area contributed by atoms with E-state index in [2.05, 4.69) is 15.3 Å². The summed E-state index contributed by atoms with van der Waals surface area (Å²) in [6.45, 7) is 0. The van der Waals surface area contributed by atoms with Crippen LogP contribution in [0.2, 0.25) is 10.0 Å². The van der Waals surface area contributed by atoms with Crippen molar-refractivity contribution in [3.63, 3.8) is 0 Å². The molecule has 0 bridgehead atoms. The number of nitrogens with zero attached hydrogens (tertiary/aromatic N) is 2. The predicted molar refractivity (Wildman–Crippen MR) is 117 cm³/mol. The first-order valence-electron chi connectivity index (χ1n) is 8.48. The van der Waals surface area contributed by atoms with Crippen LogP contribution >= 0.6 is 35.6 Å². The second-order valence-corrected chi connectivity index (χ2v) is 7.08. The summed E-state index contributed by atoms with van der Waals surface area (Å²) in [6.07, 6.45) is -4.44. The minimum absolute atomic E-state index is 0. The van der Waals surface area contributed by atoms with E-state index < -0.39 is 11.7 Å². The van der Waals surface area contributed by atoms with Crippen LogP contribution in [-0.2, 0) is 6.18 Å². The maximum absolute atomic E-state index is 13.0. The van der Waals surface area contributed by atoms with Crippen LogP contribution in [0.3, 0.4) is 0 Å². The second kappa shape index (κ2) is 8.68. The normalized spacial score (nSPS) is 11.2. The van der Waals surface area contributed by atoms with Gasteiger partial charge in [0.2, 0.25) is 0 Å². The van der Waals surface area contributed by atoms with Gasteiger partial charge in [-0.15, -0.1) is 12.4 Å². The van der Waals surface area contributed by atoms with Crippen molar-refractivity contribution in [2.24, 2.45) is 0 Å². The molecule has 4 aromatic rings. The van der Waals surface area contributed by atoms with Crippen LogP contribution in [0.4, 0.5) is 24.7 Å². The number of anilines is 2. The minimum atomic E-state index is -4.44. The fourth-order valence-electron chi connectivity index (χ4n) is 2.87. The Hall–Kier alpha value is -2.54. The van der Waals surface area contributed by atoms with Gasteiger partial charge in [0.25, 0.3) is 0 Å². The summed E-state index contributed by atoms with van der Waals surface area (Å²) < 4.78 is 39.1. The Bertz CT molecular complexity index is 1210. The van der Waals surface area contributed by atoms with E-state index in [0.29, 0.717) is 38.2 Å². The van der Waals surface area contributed by atoms with E-state index >= 15 is 0 Å². The highest BCUT2D eigenvalue weighted by atomic mass is 35.5. The molecule has 1 N–H and O–H groups in total. The number of halogens is 6. The molecule has 1 aromatic heterocycles. The molecule has 4 rings (SSSR count). The molecule has 0 aliphatic carbocycles. The van der Waals surface area contributed by atoms with Crippen molar-refractivity contribution < 1.29 is 13.2 Å². The molecule has 0 saturated carbocycles. The Kier molecular flexibility index (Phi) is 6.41. The number of rotatable bonds is 3. The van der Waals surface area contributed by atoms with Crippen LogP contribution < -0.4 is 5.32 Å². The topological polar surface area (TPSA) is 37.8 Å². The molecule has 1 heterocycles. The molecule has 3 aromatic carbocycles. The molecule has 0 unspecified atom stereocenters. The number of aromatic nitrogens is 2. The number of para-hydroxylation sites is 1. The molecule has 0 amide bonds. The molecule has 0 atom stereocenters. The van der Waals surface area contributed by atoms with Crippen molar-refractivity contribution in [3.05, 3.63) is 82.3 Å². The SMILES string of the molecule is Cl.FC(F)(F)c1cccc(Nc2nc(-c3ccc(Cl)cc3Cl)nc3ccccc23)c1. The van der Waals surface area contributed by atoms with Gasteiger partial charge in [-0.05, 0) is 48.5 Å². The van der Waals surface area contributed by atoms with E-state index in [1.54, 1.807) is 42.5 Å². The van der Waals surface area contributed by atoms with Crippen LogP contribution in [-0.4, -0.2) is 9.97 Å². The number of alkyl halides is 3. The summed E-state index contributed by atoms with van der Waals surface area (Å²) in [6, 6.07) is 17.1.